The maximum absolute atomic E-state index is 13.4. The molecule has 1 aliphatic carbocycles. The lowest BCUT2D eigenvalue weighted by molar-refractivity contribution is -0.140. The van der Waals surface area contributed by atoms with Gasteiger partial charge >= 0.3 is 12.3 Å². The molecule has 1 fully saturated rings. The van der Waals surface area contributed by atoms with E-state index in [4.69, 9.17) is 0 Å². The normalized spacial score (nSPS) is 16.5. The summed E-state index contributed by atoms with van der Waals surface area (Å²) in [5, 5.41) is 9.42. The predicted molar refractivity (Wildman–Crippen MR) is 75.6 cm³/mol. The Labute approximate surface area is 131 Å². The molecule has 0 unspecified atom stereocenters. The van der Waals surface area contributed by atoms with Gasteiger partial charge in [0.25, 0.3) is 0 Å². The zero-order chi connectivity index (χ0) is 17.4. The van der Waals surface area contributed by atoms with E-state index < -0.39 is 29.2 Å². The van der Waals surface area contributed by atoms with Crippen molar-refractivity contribution in [1.82, 2.24) is 9.80 Å². The minimum atomic E-state index is -4.81. The molecular formula is C15H18F4N2O2. The molecule has 1 saturated carbocycles. The summed E-state index contributed by atoms with van der Waals surface area (Å²) in [4.78, 5) is 14.5. The van der Waals surface area contributed by atoms with Gasteiger partial charge in [0.1, 0.15) is 5.82 Å². The molecule has 2 rings (SSSR count). The van der Waals surface area contributed by atoms with Gasteiger partial charge in [-0.3, -0.25) is 4.90 Å². The fraction of sp³-hybridized carbons (Fsp3) is 0.533. The molecule has 0 atom stereocenters. The van der Waals surface area contributed by atoms with Crippen LogP contribution in [0.3, 0.4) is 0 Å². The first kappa shape index (κ1) is 17.5. The zero-order valence-corrected chi connectivity index (χ0v) is 12.8. The second-order valence-corrected chi connectivity index (χ2v) is 5.96. The van der Waals surface area contributed by atoms with Crippen molar-refractivity contribution in [1.29, 1.82) is 0 Å². The summed E-state index contributed by atoms with van der Waals surface area (Å²) < 4.78 is 52.1. The molecule has 0 aromatic heterocycles. The van der Waals surface area contributed by atoms with E-state index in [0.29, 0.717) is 19.4 Å². The maximum Gasteiger partial charge on any atom is 0.419 e. The topological polar surface area (TPSA) is 43.8 Å². The van der Waals surface area contributed by atoms with Gasteiger partial charge in [-0.05, 0) is 44.6 Å². The van der Waals surface area contributed by atoms with Gasteiger partial charge in [-0.15, -0.1) is 0 Å². The van der Waals surface area contributed by atoms with Gasteiger partial charge in [-0.25, -0.2) is 9.18 Å². The Bertz CT molecular complexity index is 598. The van der Waals surface area contributed by atoms with Crippen molar-refractivity contribution in [2.24, 2.45) is 0 Å². The minimum Gasteiger partial charge on any atom is -0.465 e. The van der Waals surface area contributed by atoms with Crippen molar-refractivity contribution < 1.29 is 27.5 Å². The molecule has 1 aromatic rings. The summed E-state index contributed by atoms with van der Waals surface area (Å²) in [7, 11) is 3.55. The van der Waals surface area contributed by atoms with Gasteiger partial charge < -0.3 is 10.0 Å². The molecule has 1 amide bonds. The second kappa shape index (κ2) is 5.99. The van der Waals surface area contributed by atoms with Crippen LogP contribution >= 0.6 is 0 Å². The fourth-order valence-electron chi connectivity index (χ4n) is 2.66. The number of halogens is 4. The third-order valence-electron chi connectivity index (χ3n) is 4.05. The molecule has 0 aliphatic heterocycles. The van der Waals surface area contributed by atoms with E-state index in [1.807, 2.05) is 0 Å². The highest BCUT2D eigenvalue weighted by atomic mass is 19.4. The summed E-state index contributed by atoms with van der Waals surface area (Å²) in [6.07, 6.45) is -5.15. The van der Waals surface area contributed by atoms with Crippen LogP contribution in [-0.2, 0) is 11.7 Å². The van der Waals surface area contributed by atoms with Gasteiger partial charge in [0, 0.05) is 13.1 Å². The Morgan fingerprint density at radius 3 is 2.30 bits per heavy atom. The summed E-state index contributed by atoms with van der Waals surface area (Å²) >= 11 is 0. The van der Waals surface area contributed by atoms with E-state index >= 15 is 0 Å². The third-order valence-corrected chi connectivity index (χ3v) is 4.05. The highest BCUT2D eigenvalue weighted by molar-refractivity contribution is 5.67. The molecule has 128 valence electrons. The Morgan fingerprint density at radius 1 is 1.26 bits per heavy atom. The summed E-state index contributed by atoms with van der Waals surface area (Å²) in [6, 6.07) is 2.72. The number of alkyl halides is 3. The lowest BCUT2D eigenvalue weighted by Gasteiger charge is -2.31. The first-order valence-electron chi connectivity index (χ1n) is 7.10. The highest BCUT2D eigenvalue weighted by Gasteiger charge is 2.52. The minimum absolute atomic E-state index is 0.168. The van der Waals surface area contributed by atoms with Crippen LogP contribution in [-0.4, -0.2) is 48.2 Å². The van der Waals surface area contributed by atoms with Crippen molar-refractivity contribution in [3.05, 3.63) is 35.1 Å². The zero-order valence-electron chi connectivity index (χ0n) is 12.8. The summed E-state index contributed by atoms with van der Waals surface area (Å²) in [5.41, 5.74) is -2.16. The van der Waals surface area contributed by atoms with Crippen LogP contribution < -0.4 is 0 Å². The van der Waals surface area contributed by atoms with Crippen molar-refractivity contribution in [3.63, 3.8) is 0 Å². The summed E-state index contributed by atoms with van der Waals surface area (Å²) in [5.74, 6) is -1.35. The Balaban J connectivity index is 2.37. The third kappa shape index (κ3) is 3.57. The van der Waals surface area contributed by atoms with Crippen molar-refractivity contribution >= 4 is 6.09 Å². The van der Waals surface area contributed by atoms with E-state index in [9.17, 15) is 27.5 Å². The monoisotopic (exact) mass is 334 g/mol. The number of nitrogens with zero attached hydrogens (tertiary/aromatic N) is 2. The quantitative estimate of drug-likeness (QED) is 0.840. The Kier molecular flexibility index (Phi) is 4.57. The van der Waals surface area contributed by atoms with E-state index in [1.54, 1.807) is 19.0 Å². The van der Waals surface area contributed by atoms with Gasteiger partial charge in [0.05, 0.1) is 11.1 Å². The van der Waals surface area contributed by atoms with Crippen LogP contribution in [0, 0.1) is 5.82 Å². The van der Waals surface area contributed by atoms with E-state index in [-0.39, 0.29) is 12.1 Å². The molecule has 0 saturated heterocycles. The standard InChI is InChI=1S/C15H18F4N2O2/c1-20(2)7-8-21(13(22)23)14(5-6-14)10-3-4-12(16)11(9-10)15(17,18)19/h3-4,9H,5-8H2,1-2H3,(H,22,23). The average Bonchev–Trinajstić information content (AvgIpc) is 3.18. The fourth-order valence-corrected chi connectivity index (χ4v) is 2.66. The lowest BCUT2D eigenvalue weighted by atomic mass is 9.99. The smallest absolute Gasteiger partial charge is 0.419 e. The first-order chi connectivity index (χ1) is 10.6. The van der Waals surface area contributed by atoms with Crippen LogP contribution in [0.2, 0.25) is 0 Å². The molecule has 0 bridgehead atoms. The second-order valence-electron chi connectivity index (χ2n) is 5.96. The molecule has 8 heteroatoms. The van der Waals surface area contributed by atoms with Crippen LogP contribution in [0.5, 0.6) is 0 Å². The summed E-state index contributed by atoms with van der Waals surface area (Å²) in [6.45, 7) is 0.614. The molecular weight excluding hydrogens is 316 g/mol. The number of carbonyl (C=O) groups is 1. The first-order valence-corrected chi connectivity index (χ1v) is 7.10. The van der Waals surface area contributed by atoms with Crippen LogP contribution in [0.1, 0.15) is 24.0 Å². The number of rotatable bonds is 5. The van der Waals surface area contributed by atoms with Crippen LogP contribution in [0.25, 0.3) is 0 Å². The van der Waals surface area contributed by atoms with Crippen molar-refractivity contribution in [2.75, 3.05) is 27.2 Å². The van der Waals surface area contributed by atoms with Gasteiger partial charge in [0.15, 0.2) is 0 Å². The molecule has 0 heterocycles. The molecule has 1 aromatic carbocycles. The maximum atomic E-state index is 13.4. The number of benzene rings is 1. The lowest BCUT2D eigenvalue weighted by Crippen LogP contribution is -2.43. The van der Waals surface area contributed by atoms with E-state index in [1.165, 1.54) is 6.07 Å². The Hall–Kier alpha value is -1.83. The van der Waals surface area contributed by atoms with Crippen molar-refractivity contribution in [3.8, 4) is 0 Å². The van der Waals surface area contributed by atoms with Crippen LogP contribution in [0.4, 0.5) is 22.4 Å². The van der Waals surface area contributed by atoms with Gasteiger partial charge in [0.2, 0.25) is 0 Å². The average molecular weight is 334 g/mol. The largest absolute Gasteiger partial charge is 0.465 e. The number of hydrogen-bond donors (Lipinski definition) is 1. The van der Waals surface area contributed by atoms with Gasteiger partial charge in [-0.2, -0.15) is 13.2 Å². The SMILES string of the molecule is CN(C)CCN(C(=O)O)C1(c2ccc(F)c(C(F)(F)F)c2)CC1. The molecule has 0 radical (unpaired) electrons. The highest BCUT2D eigenvalue weighted by Crippen LogP contribution is 2.52. The van der Waals surface area contributed by atoms with Gasteiger partial charge in [-0.1, -0.05) is 6.07 Å². The number of likely N-dealkylation sites (N-methyl/N-ethyl adjacent to an activating group) is 1. The van der Waals surface area contributed by atoms with Crippen LogP contribution in [0.15, 0.2) is 18.2 Å². The predicted octanol–water partition coefficient (Wildman–Crippen LogP) is 3.38. The number of amides is 1. The molecule has 1 N–H and O–H groups in total. The van der Waals surface area contributed by atoms with Crippen molar-refractivity contribution in [2.45, 2.75) is 24.6 Å². The number of carboxylic acid groups (broad SMARTS) is 1. The molecule has 23 heavy (non-hydrogen) atoms. The van der Waals surface area contributed by atoms with E-state index in [2.05, 4.69) is 0 Å². The molecule has 4 nitrogen and oxygen atoms in total. The molecule has 1 aliphatic rings. The molecule has 0 spiro atoms. The van der Waals surface area contributed by atoms with E-state index in [0.717, 1.165) is 17.0 Å². The number of hydrogen-bond acceptors (Lipinski definition) is 2. The Morgan fingerprint density at radius 2 is 1.87 bits per heavy atom.